The molecule has 190 valence electrons. The van der Waals surface area contributed by atoms with Gasteiger partial charge in [0.15, 0.2) is 0 Å². The molecule has 0 spiro atoms. The van der Waals surface area contributed by atoms with Crippen LogP contribution in [0.4, 0.5) is 17.1 Å². The number of nitrogens with one attached hydrogen (secondary N) is 3. The van der Waals surface area contributed by atoms with Gasteiger partial charge in [-0.2, -0.15) is 0 Å². The Morgan fingerprint density at radius 3 is 2.39 bits per heavy atom. The molecule has 2 aliphatic heterocycles. The van der Waals surface area contributed by atoms with Crippen LogP contribution >= 0.6 is 0 Å². The summed E-state index contributed by atoms with van der Waals surface area (Å²) in [6.07, 6.45) is 6.74. The Morgan fingerprint density at radius 2 is 1.78 bits per heavy atom. The van der Waals surface area contributed by atoms with Crippen molar-refractivity contribution in [2.75, 3.05) is 49.3 Å². The molecule has 36 heavy (non-hydrogen) atoms. The molecule has 7 heteroatoms. The molecule has 0 aliphatic carbocycles. The number of anilines is 3. The van der Waals surface area contributed by atoms with Crippen LogP contribution in [-0.2, 0) is 4.79 Å². The first-order chi connectivity index (χ1) is 17.4. The third-order valence-corrected chi connectivity index (χ3v) is 6.84. The highest BCUT2D eigenvalue weighted by atomic mass is 16.2. The molecule has 2 aromatic rings. The van der Waals surface area contributed by atoms with Gasteiger partial charge in [-0.1, -0.05) is 24.8 Å². The molecule has 4 rings (SSSR count). The van der Waals surface area contributed by atoms with Crippen molar-refractivity contribution >= 4 is 34.5 Å². The SMILES string of the molecule is C=C/C=C(\N=C(C)Nc1ccc(N2CC[C@@H](N(C)C)C2)cc1)c1ccc(NC(=O)[C@H]2CCCN2)cc1. The number of aliphatic imine (C=N–C) groups is 1. The number of rotatable bonds is 8. The van der Waals surface area contributed by atoms with E-state index in [1.165, 1.54) is 12.1 Å². The molecule has 0 radical (unpaired) electrons. The van der Waals surface area contributed by atoms with Gasteiger partial charge in [0.2, 0.25) is 5.91 Å². The number of amides is 1. The highest BCUT2D eigenvalue weighted by Crippen LogP contribution is 2.24. The second kappa shape index (κ2) is 12.0. The van der Waals surface area contributed by atoms with Gasteiger partial charge < -0.3 is 25.8 Å². The Balaban J connectivity index is 1.38. The highest BCUT2D eigenvalue weighted by Gasteiger charge is 2.24. The molecule has 0 aromatic heterocycles. The molecule has 2 aromatic carbocycles. The second-order valence-corrected chi connectivity index (χ2v) is 9.72. The first-order valence-corrected chi connectivity index (χ1v) is 12.7. The lowest BCUT2D eigenvalue weighted by Gasteiger charge is -2.22. The van der Waals surface area contributed by atoms with E-state index in [-0.39, 0.29) is 11.9 Å². The zero-order valence-corrected chi connectivity index (χ0v) is 21.6. The number of carbonyl (C=O) groups is 1. The predicted octanol–water partition coefficient (Wildman–Crippen LogP) is 4.57. The largest absolute Gasteiger partial charge is 0.370 e. The van der Waals surface area contributed by atoms with Crippen molar-refractivity contribution in [2.45, 2.75) is 38.3 Å². The minimum atomic E-state index is -0.0985. The monoisotopic (exact) mass is 486 g/mol. The van der Waals surface area contributed by atoms with E-state index in [1.54, 1.807) is 6.08 Å². The predicted molar refractivity (Wildman–Crippen MR) is 152 cm³/mol. The Hall–Kier alpha value is -3.42. The van der Waals surface area contributed by atoms with E-state index in [2.05, 4.69) is 70.7 Å². The van der Waals surface area contributed by atoms with Crippen LogP contribution in [0.1, 0.15) is 31.7 Å². The average molecular weight is 487 g/mol. The molecule has 3 N–H and O–H groups in total. The highest BCUT2D eigenvalue weighted by molar-refractivity contribution is 5.97. The minimum absolute atomic E-state index is 0.0217. The maximum atomic E-state index is 12.4. The summed E-state index contributed by atoms with van der Waals surface area (Å²) in [7, 11) is 4.30. The molecule has 2 fully saturated rings. The standard InChI is InChI=1S/C29H38N6O/c1-5-7-27(22-9-11-24(12-10-22)33-29(36)28-8-6-18-30-28)32-21(2)31-23-13-15-25(16-14-23)35-19-17-26(20-35)34(3)4/h5,7,9-16,26,28,30H,1,6,8,17-20H2,2-4H3,(H,31,32)(H,33,36)/b27-7-/t26-,28-/m1/s1. The van der Waals surface area contributed by atoms with Crippen LogP contribution in [0, 0.1) is 0 Å². The number of nitrogens with zero attached hydrogens (tertiary/aromatic N) is 3. The zero-order valence-electron chi connectivity index (χ0n) is 21.6. The number of amidine groups is 1. The molecular weight excluding hydrogens is 448 g/mol. The van der Waals surface area contributed by atoms with Gasteiger partial charge in [0, 0.05) is 41.8 Å². The fraction of sp³-hybridized carbons (Fsp3) is 0.379. The average Bonchev–Trinajstić information content (AvgIpc) is 3.58. The summed E-state index contributed by atoms with van der Waals surface area (Å²) >= 11 is 0. The summed E-state index contributed by atoms with van der Waals surface area (Å²) in [5.41, 5.74) is 4.79. The molecule has 1 amide bonds. The van der Waals surface area contributed by atoms with Crippen molar-refractivity contribution in [2.24, 2.45) is 4.99 Å². The third-order valence-electron chi connectivity index (χ3n) is 6.84. The molecule has 0 saturated carbocycles. The molecule has 2 atom stereocenters. The van der Waals surface area contributed by atoms with Gasteiger partial charge in [0.05, 0.1) is 11.7 Å². The van der Waals surface area contributed by atoms with E-state index < -0.39 is 0 Å². The van der Waals surface area contributed by atoms with Gasteiger partial charge in [0.25, 0.3) is 0 Å². The fourth-order valence-corrected chi connectivity index (χ4v) is 4.74. The smallest absolute Gasteiger partial charge is 0.241 e. The van der Waals surface area contributed by atoms with Gasteiger partial charge in [-0.25, -0.2) is 4.99 Å². The van der Waals surface area contributed by atoms with Crippen LogP contribution in [0.3, 0.4) is 0 Å². The fourth-order valence-electron chi connectivity index (χ4n) is 4.74. The summed E-state index contributed by atoms with van der Waals surface area (Å²) in [6.45, 7) is 8.85. The van der Waals surface area contributed by atoms with Crippen LogP contribution in [0.25, 0.3) is 5.70 Å². The van der Waals surface area contributed by atoms with Crippen molar-refractivity contribution in [1.82, 2.24) is 10.2 Å². The lowest BCUT2D eigenvalue weighted by Crippen LogP contribution is -2.35. The van der Waals surface area contributed by atoms with Gasteiger partial charge in [-0.05, 0) is 89.3 Å². The number of hydrogen-bond acceptors (Lipinski definition) is 5. The molecule has 2 aliphatic rings. The van der Waals surface area contributed by atoms with Crippen molar-refractivity contribution < 1.29 is 4.79 Å². The number of benzene rings is 2. The van der Waals surface area contributed by atoms with Gasteiger partial charge >= 0.3 is 0 Å². The molecule has 0 bridgehead atoms. The minimum Gasteiger partial charge on any atom is -0.370 e. The maximum Gasteiger partial charge on any atom is 0.241 e. The molecule has 0 unspecified atom stereocenters. The first-order valence-electron chi connectivity index (χ1n) is 12.7. The van der Waals surface area contributed by atoms with Crippen LogP contribution in [0.2, 0.25) is 0 Å². The van der Waals surface area contributed by atoms with Crippen molar-refractivity contribution in [3.05, 3.63) is 72.8 Å². The van der Waals surface area contributed by atoms with E-state index in [1.807, 2.05) is 37.3 Å². The third kappa shape index (κ3) is 6.62. The zero-order chi connectivity index (χ0) is 25.5. The first kappa shape index (κ1) is 25.7. The molecule has 2 saturated heterocycles. The Kier molecular flexibility index (Phi) is 8.57. The maximum absolute atomic E-state index is 12.4. The van der Waals surface area contributed by atoms with E-state index in [9.17, 15) is 4.79 Å². The number of carbonyl (C=O) groups excluding carboxylic acids is 1. The van der Waals surface area contributed by atoms with Crippen LogP contribution in [0.15, 0.2) is 72.3 Å². The number of allylic oxidation sites excluding steroid dienone is 2. The van der Waals surface area contributed by atoms with E-state index >= 15 is 0 Å². The van der Waals surface area contributed by atoms with Crippen LogP contribution < -0.4 is 20.9 Å². The van der Waals surface area contributed by atoms with Crippen molar-refractivity contribution in [1.29, 1.82) is 0 Å². The summed E-state index contributed by atoms with van der Waals surface area (Å²) in [5.74, 6) is 0.808. The van der Waals surface area contributed by atoms with Crippen LogP contribution in [-0.4, -0.2) is 62.5 Å². The Bertz CT molecular complexity index is 1100. The van der Waals surface area contributed by atoms with Crippen molar-refractivity contribution in [3.63, 3.8) is 0 Å². The normalized spacial score (nSPS) is 20.6. The number of hydrogen-bond donors (Lipinski definition) is 3. The molecule has 2 heterocycles. The quantitative estimate of drug-likeness (QED) is 0.290. The lowest BCUT2D eigenvalue weighted by atomic mass is 10.1. The van der Waals surface area contributed by atoms with Gasteiger partial charge in [-0.15, -0.1) is 0 Å². The van der Waals surface area contributed by atoms with E-state index in [0.29, 0.717) is 6.04 Å². The second-order valence-electron chi connectivity index (χ2n) is 9.72. The Morgan fingerprint density at radius 1 is 1.08 bits per heavy atom. The van der Waals surface area contributed by atoms with E-state index in [0.717, 1.165) is 60.9 Å². The van der Waals surface area contributed by atoms with Crippen molar-refractivity contribution in [3.8, 4) is 0 Å². The van der Waals surface area contributed by atoms with E-state index in [4.69, 9.17) is 4.99 Å². The summed E-state index contributed by atoms with van der Waals surface area (Å²) in [6, 6.07) is 16.8. The molecular formula is C29H38N6O. The van der Waals surface area contributed by atoms with Gasteiger partial charge in [0.1, 0.15) is 5.84 Å². The Labute approximate surface area is 215 Å². The van der Waals surface area contributed by atoms with Gasteiger partial charge in [-0.3, -0.25) is 4.79 Å². The summed E-state index contributed by atoms with van der Waals surface area (Å²) in [5, 5.41) is 9.62. The van der Waals surface area contributed by atoms with Crippen LogP contribution in [0.5, 0.6) is 0 Å². The number of likely N-dealkylation sites (N-methyl/N-ethyl adjacent to an activating group) is 1. The lowest BCUT2D eigenvalue weighted by molar-refractivity contribution is -0.117. The molecule has 7 nitrogen and oxygen atoms in total. The summed E-state index contributed by atoms with van der Waals surface area (Å²) < 4.78 is 0. The summed E-state index contributed by atoms with van der Waals surface area (Å²) in [4.78, 5) is 21.9. The topological polar surface area (TPSA) is 72.0 Å².